The molecule has 0 aliphatic carbocycles. The third-order valence-electron chi connectivity index (χ3n) is 2.23. The van der Waals surface area contributed by atoms with Gasteiger partial charge in [-0.15, -0.1) is 0 Å². The predicted molar refractivity (Wildman–Crippen MR) is 55.6 cm³/mol. The van der Waals surface area contributed by atoms with Crippen LogP contribution < -0.4 is 5.32 Å². The van der Waals surface area contributed by atoms with E-state index in [1.165, 1.54) is 6.07 Å². The molecule has 1 aromatic heterocycles. The number of hydrogen-bond acceptors (Lipinski definition) is 1. The molecule has 2 rings (SSSR count). The molecule has 0 spiro atoms. The summed E-state index contributed by atoms with van der Waals surface area (Å²) in [5, 5.41) is 3.86. The normalized spacial score (nSPS) is 11.0. The molecule has 0 saturated carbocycles. The number of benzene rings is 1. The molecule has 0 aliphatic heterocycles. The maximum absolute atomic E-state index is 13.3. The number of hydrogen-bond donors (Lipinski definition) is 2. The van der Waals surface area contributed by atoms with Crippen LogP contribution in [-0.4, -0.2) is 11.5 Å². The minimum Gasteiger partial charge on any atom is -0.357 e. The standard InChI is InChI=1S/C11H13FN2/c1-2-13-7-8-6-9-10(12)4-3-5-11(9)14-8/h3-6,13-14H,2,7H2,1H3. The Morgan fingerprint density at radius 3 is 3.00 bits per heavy atom. The minimum atomic E-state index is -0.165. The fourth-order valence-electron chi connectivity index (χ4n) is 1.53. The third-order valence-corrected chi connectivity index (χ3v) is 2.23. The smallest absolute Gasteiger partial charge is 0.132 e. The first-order valence-corrected chi connectivity index (χ1v) is 4.78. The molecular formula is C11H13FN2. The van der Waals surface area contributed by atoms with Crippen LogP contribution in [0.25, 0.3) is 10.9 Å². The molecule has 1 aromatic carbocycles. The highest BCUT2D eigenvalue weighted by molar-refractivity contribution is 5.80. The van der Waals surface area contributed by atoms with Gasteiger partial charge in [-0.2, -0.15) is 0 Å². The van der Waals surface area contributed by atoms with Crippen molar-refractivity contribution in [3.8, 4) is 0 Å². The fraction of sp³-hybridized carbons (Fsp3) is 0.273. The van der Waals surface area contributed by atoms with Crippen LogP contribution >= 0.6 is 0 Å². The molecule has 1 heterocycles. The van der Waals surface area contributed by atoms with Gasteiger partial charge in [-0.1, -0.05) is 13.0 Å². The van der Waals surface area contributed by atoms with Gasteiger partial charge in [0.2, 0.25) is 0 Å². The van der Waals surface area contributed by atoms with Crippen molar-refractivity contribution in [2.24, 2.45) is 0 Å². The first kappa shape index (κ1) is 9.21. The Balaban J connectivity index is 2.36. The Kier molecular flexibility index (Phi) is 2.50. The lowest BCUT2D eigenvalue weighted by Crippen LogP contribution is -2.11. The summed E-state index contributed by atoms with van der Waals surface area (Å²) in [5.74, 6) is -0.165. The lowest BCUT2D eigenvalue weighted by molar-refractivity contribution is 0.640. The first-order chi connectivity index (χ1) is 6.81. The second kappa shape index (κ2) is 3.80. The average Bonchev–Trinajstić information content (AvgIpc) is 2.59. The number of nitrogens with one attached hydrogen (secondary N) is 2. The van der Waals surface area contributed by atoms with E-state index < -0.39 is 0 Å². The maximum Gasteiger partial charge on any atom is 0.132 e. The van der Waals surface area contributed by atoms with Crippen molar-refractivity contribution < 1.29 is 4.39 Å². The van der Waals surface area contributed by atoms with Crippen LogP contribution in [0.3, 0.4) is 0 Å². The number of aromatic amines is 1. The molecule has 0 bridgehead atoms. The van der Waals surface area contributed by atoms with Crippen LogP contribution in [0, 0.1) is 5.82 Å². The van der Waals surface area contributed by atoms with Crippen molar-refractivity contribution in [3.63, 3.8) is 0 Å². The number of aromatic nitrogens is 1. The van der Waals surface area contributed by atoms with E-state index in [0.717, 1.165) is 24.3 Å². The number of rotatable bonds is 3. The van der Waals surface area contributed by atoms with Gasteiger partial charge in [0.25, 0.3) is 0 Å². The van der Waals surface area contributed by atoms with Crippen molar-refractivity contribution in [1.82, 2.24) is 10.3 Å². The average molecular weight is 192 g/mol. The molecule has 2 aromatic rings. The molecule has 0 amide bonds. The number of halogens is 1. The van der Waals surface area contributed by atoms with E-state index in [0.29, 0.717) is 5.39 Å². The van der Waals surface area contributed by atoms with Gasteiger partial charge >= 0.3 is 0 Å². The van der Waals surface area contributed by atoms with Gasteiger partial charge in [0.15, 0.2) is 0 Å². The SMILES string of the molecule is CCNCc1cc2c(F)cccc2[nH]1. The van der Waals surface area contributed by atoms with Crippen molar-refractivity contribution in [2.45, 2.75) is 13.5 Å². The van der Waals surface area contributed by atoms with E-state index in [-0.39, 0.29) is 5.82 Å². The van der Waals surface area contributed by atoms with Crippen molar-refractivity contribution in [2.75, 3.05) is 6.54 Å². The molecule has 3 heteroatoms. The van der Waals surface area contributed by atoms with Gasteiger partial charge in [0, 0.05) is 23.1 Å². The highest BCUT2D eigenvalue weighted by Crippen LogP contribution is 2.18. The van der Waals surface area contributed by atoms with Crippen molar-refractivity contribution in [1.29, 1.82) is 0 Å². The summed E-state index contributed by atoms with van der Waals surface area (Å²) in [6.07, 6.45) is 0. The highest BCUT2D eigenvalue weighted by Gasteiger charge is 2.03. The van der Waals surface area contributed by atoms with Gasteiger partial charge in [0.1, 0.15) is 5.82 Å². The lowest BCUT2D eigenvalue weighted by atomic mass is 10.2. The third kappa shape index (κ3) is 1.63. The zero-order valence-corrected chi connectivity index (χ0v) is 8.10. The summed E-state index contributed by atoms with van der Waals surface area (Å²) < 4.78 is 13.3. The van der Waals surface area contributed by atoms with Crippen LogP contribution in [0.1, 0.15) is 12.6 Å². The summed E-state index contributed by atoms with van der Waals surface area (Å²) in [6, 6.07) is 6.93. The topological polar surface area (TPSA) is 27.8 Å². The Labute approximate surface area is 82.1 Å². The Morgan fingerprint density at radius 2 is 2.29 bits per heavy atom. The Morgan fingerprint density at radius 1 is 1.43 bits per heavy atom. The van der Waals surface area contributed by atoms with Gasteiger partial charge in [0.05, 0.1) is 0 Å². The van der Waals surface area contributed by atoms with Crippen LogP contribution in [0.5, 0.6) is 0 Å². The molecule has 2 N–H and O–H groups in total. The maximum atomic E-state index is 13.3. The minimum absolute atomic E-state index is 0.165. The molecule has 0 atom stereocenters. The molecule has 0 aliphatic rings. The van der Waals surface area contributed by atoms with Gasteiger partial charge < -0.3 is 10.3 Å². The molecule has 0 unspecified atom stereocenters. The van der Waals surface area contributed by atoms with Gasteiger partial charge in [-0.25, -0.2) is 4.39 Å². The van der Waals surface area contributed by atoms with Crippen molar-refractivity contribution in [3.05, 3.63) is 35.8 Å². The largest absolute Gasteiger partial charge is 0.357 e. The molecule has 0 saturated heterocycles. The zero-order valence-electron chi connectivity index (χ0n) is 8.10. The van der Waals surface area contributed by atoms with Crippen LogP contribution in [0.15, 0.2) is 24.3 Å². The molecule has 14 heavy (non-hydrogen) atoms. The zero-order chi connectivity index (χ0) is 9.97. The lowest BCUT2D eigenvalue weighted by Gasteiger charge is -1.96. The van der Waals surface area contributed by atoms with E-state index in [4.69, 9.17) is 0 Å². The summed E-state index contributed by atoms with van der Waals surface area (Å²) in [4.78, 5) is 3.17. The fourth-order valence-corrected chi connectivity index (χ4v) is 1.53. The van der Waals surface area contributed by atoms with Crippen LogP contribution in [-0.2, 0) is 6.54 Å². The van der Waals surface area contributed by atoms with Gasteiger partial charge in [-0.3, -0.25) is 0 Å². The van der Waals surface area contributed by atoms with E-state index in [9.17, 15) is 4.39 Å². The summed E-state index contributed by atoms with van der Waals surface area (Å²) in [7, 11) is 0. The predicted octanol–water partition coefficient (Wildman–Crippen LogP) is 2.42. The number of fused-ring (bicyclic) bond motifs is 1. The monoisotopic (exact) mass is 192 g/mol. The summed E-state index contributed by atoms with van der Waals surface area (Å²) in [5.41, 5.74) is 1.88. The summed E-state index contributed by atoms with van der Waals surface area (Å²) >= 11 is 0. The number of H-pyrrole nitrogens is 1. The second-order valence-electron chi connectivity index (χ2n) is 3.28. The Hall–Kier alpha value is -1.35. The van der Waals surface area contributed by atoms with Crippen LogP contribution in [0.2, 0.25) is 0 Å². The summed E-state index contributed by atoms with van der Waals surface area (Å²) in [6.45, 7) is 3.71. The second-order valence-corrected chi connectivity index (χ2v) is 3.28. The molecule has 74 valence electrons. The quantitative estimate of drug-likeness (QED) is 0.768. The van der Waals surface area contributed by atoms with E-state index >= 15 is 0 Å². The van der Waals surface area contributed by atoms with Crippen LogP contribution in [0.4, 0.5) is 4.39 Å². The first-order valence-electron chi connectivity index (χ1n) is 4.78. The van der Waals surface area contributed by atoms with E-state index in [1.807, 2.05) is 19.1 Å². The molecule has 0 radical (unpaired) electrons. The van der Waals surface area contributed by atoms with E-state index in [1.54, 1.807) is 6.07 Å². The van der Waals surface area contributed by atoms with Gasteiger partial charge in [-0.05, 0) is 24.7 Å². The van der Waals surface area contributed by atoms with Crippen molar-refractivity contribution >= 4 is 10.9 Å². The molecular weight excluding hydrogens is 179 g/mol. The molecule has 0 fully saturated rings. The van der Waals surface area contributed by atoms with E-state index in [2.05, 4.69) is 10.3 Å². The molecule has 2 nitrogen and oxygen atoms in total. The Bertz CT molecular complexity index is 434. The highest BCUT2D eigenvalue weighted by atomic mass is 19.1.